The summed E-state index contributed by atoms with van der Waals surface area (Å²) in [4.78, 5) is 13.5. The minimum atomic E-state index is 0.473. The summed E-state index contributed by atoms with van der Waals surface area (Å²) in [6.45, 7) is 5.37. The fourth-order valence-electron chi connectivity index (χ4n) is 3.49. The zero-order valence-corrected chi connectivity index (χ0v) is 15.6. The van der Waals surface area contributed by atoms with Crippen LogP contribution in [0.15, 0.2) is 11.2 Å². The molecule has 0 spiro atoms. The summed E-state index contributed by atoms with van der Waals surface area (Å²) in [5.74, 6) is 2.48. The zero-order valence-electron chi connectivity index (χ0n) is 15.6. The van der Waals surface area contributed by atoms with E-state index in [4.69, 9.17) is 0 Å². The number of aliphatic imine (C=N–C) groups is 1. The van der Waals surface area contributed by atoms with Crippen molar-refractivity contribution < 1.29 is 0 Å². The van der Waals surface area contributed by atoms with Gasteiger partial charge in [0.25, 0.3) is 0 Å². The molecule has 0 amide bonds. The normalized spacial score (nSPS) is 25.1. The Bertz CT molecular complexity index is 588. The first-order valence-electron chi connectivity index (χ1n) is 8.88. The highest BCUT2D eigenvalue weighted by Crippen LogP contribution is 2.31. The number of hydrogen-bond acceptors (Lipinski definition) is 4. The minimum Gasteiger partial charge on any atom is -0.352 e. The lowest BCUT2D eigenvalue weighted by Crippen LogP contribution is -2.46. The average Bonchev–Trinajstić information content (AvgIpc) is 3.24. The van der Waals surface area contributed by atoms with Gasteiger partial charge in [-0.25, -0.2) is 4.98 Å². The van der Waals surface area contributed by atoms with E-state index in [1.807, 2.05) is 39.3 Å². The van der Waals surface area contributed by atoms with Crippen molar-refractivity contribution in [3.05, 3.63) is 11.9 Å². The summed E-state index contributed by atoms with van der Waals surface area (Å²) < 4.78 is 2.10. The van der Waals surface area contributed by atoms with Crippen molar-refractivity contribution in [3.63, 3.8) is 0 Å². The molecule has 1 aromatic heterocycles. The zero-order chi connectivity index (χ0) is 17.3. The summed E-state index contributed by atoms with van der Waals surface area (Å²) in [5, 5.41) is 7.03. The van der Waals surface area contributed by atoms with Crippen LogP contribution in [0.5, 0.6) is 0 Å². The number of guanidine groups is 1. The Morgan fingerprint density at radius 1 is 1.38 bits per heavy atom. The van der Waals surface area contributed by atoms with Gasteiger partial charge in [0, 0.05) is 53.4 Å². The van der Waals surface area contributed by atoms with E-state index in [0.29, 0.717) is 18.5 Å². The molecule has 2 aliphatic rings. The Hall–Kier alpha value is -1.76. The quantitative estimate of drug-likeness (QED) is 0.611. The highest BCUT2D eigenvalue weighted by molar-refractivity contribution is 5.80. The molecule has 1 aliphatic heterocycles. The van der Waals surface area contributed by atoms with Gasteiger partial charge in [0.05, 0.1) is 18.4 Å². The van der Waals surface area contributed by atoms with Crippen LogP contribution in [0, 0.1) is 5.92 Å². The summed E-state index contributed by atoms with van der Waals surface area (Å²) >= 11 is 0. The molecule has 7 nitrogen and oxygen atoms in total. The minimum absolute atomic E-state index is 0.473. The number of hydrogen-bond donors (Lipinski definition) is 2. The SMILES string of the molecule is CN=C(NCc1cnc(N(C)C)n1C)NC1CN(C2CC2)CC1C. The van der Waals surface area contributed by atoms with Crippen LogP contribution in [0.2, 0.25) is 0 Å². The summed E-state index contributed by atoms with van der Waals surface area (Å²) in [6, 6.07) is 1.31. The van der Waals surface area contributed by atoms with Gasteiger partial charge in [-0.15, -0.1) is 0 Å². The number of aromatic nitrogens is 2. The number of imidazole rings is 1. The smallest absolute Gasteiger partial charge is 0.204 e. The maximum Gasteiger partial charge on any atom is 0.204 e. The Balaban J connectivity index is 1.54. The highest BCUT2D eigenvalue weighted by atomic mass is 15.3. The largest absolute Gasteiger partial charge is 0.352 e. The molecule has 1 aliphatic carbocycles. The molecule has 2 N–H and O–H groups in total. The van der Waals surface area contributed by atoms with Crippen LogP contribution < -0.4 is 15.5 Å². The predicted octanol–water partition coefficient (Wildman–Crippen LogP) is 0.634. The van der Waals surface area contributed by atoms with Crippen molar-refractivity contribution in [1.82, 2.24) is 25.1 Å². The van der Waals surface area contributed by atoms with E-state index in [1.54, 1.807) is 0 Å². The third kappa shape index (κ3) is 3.66. The Labute approximate surface area is 145 Å². The van der Waals surface area contributed by atoms with E-state index < -0.39 is 0 Å². The van der Waals surface area contributed by atoms with Crippen LogP contribution >= 0.6 is 0 Å². The monoisotopic (exact) mass is 333 g/mol. The van der Waals surface area contributed by atoms with Crippen LogP contribution in [0.4, 0.5) is 5.95 Å². The standard InChI is InChI=1S/C17H31N7/c1-12-10-24(13-6-7-13)11-15(12)21-16(18-2)19-8-14-9-20-17(22(3)4)23(14)5/h9,12-13,15H,6-8,10-11H2,1-5H3,(H2,18,19,21). The molecule has 2 fully saturated rings. The summed E-state index contributed by atoms with van der Waals surface area (Å²) in [6.07, 6.45) is 4.67. The third-order valence-electron chi connectivity index (χ3n) is 5.15. The topological polar surface area (TPSA) is 60.7 Å². The van der Waals surface area contributed by atoms with E-state index in [1.165, 1.54) is 19.4 Å². The average molecular weight is 333 g/mol. The molecule has 1 aromatic rings. The molecule has 24 heavy (non-hydrogen) atoms. The molecule has 0 bridgehead atoms. The molecule has 2 heterocycles. The second-order valence-corrected chi connectivity index (χ2v) is 7.34. The molecular formula is C17H31N7. The third-order valence-corrected chi connectivity index (χ3v) is 5.15. The van der Waals surface area contributed by atoms with Crippen molar-refractivity contribution in [2.24, 2.45) is 18.0 Å². The molecule has 1 saturated carbocycles. The van der Waals surface area contributed by atoms with Crippen LogP contribution in [-0.2, 0) is 13.6 Å². The van der Waals surface area contributed by atoms with Gasteiger partial charge in [-0.1, -0.05) is 6.92 Å². The molecular weight excluding hydrogens is 302 g/mol. The van der Waals surface area contributed by atoms with E-state index >= 15 is 0 Å². The first-order chi connectivity index (χ1) is 11.5. The highest BCUT2D eigenvalue weighted by Gasteiger charge is 2.38. The Kier molecular flexibility index (Phi) is 4.99. The maximum atomic E-state index is 4.45. The molecule has 2 atom stereocenters. The fourth-order valence-corrected chi connectivity index (χ4v) is 3.49. The van der Waals surface area contributed by atoms with Crippen molar-refractivity contribution >= 4 is 11.9 Å². The lowest BCUT2D eigenvalue weighted by atomic mass is 10.1. The van der Waals surface area contributed by atoms with Gasteiger partial charge in [-0.2, -0.15) is 0 Å². The van der Waals surface area contributed by atoms with E-state index in [2.05, 4.69) is 37.0 Å². The molecule has 1 saturated heterocycles. The molecule has 7 heteroatoms. The Morgan fingerprint density at radius 3 is 2.71 bits per heavy atom. The molecule has 0 radical (unpaired) electrons. The van der Waals surface area contributed by atoms with Crippen LogP contribution in [-0.4, -0.2) is 66.7 Å². The van der Waals surface area contributed by atoms with E-state index in [-0.39, 0.29) is 0 Å². The van der Waals surface area contributed by atoms with Gasteiger partial charge in [0.15, 0.2) is 5.96 Å². The van der Waals surface area contributed by atoms with Gasteiger partial charge in [-0.3, -0.25) is 9.89 Å². The number of nitrogens with zero attached hydrogens (tertiary/aromatic N) is 5. The summed E-state index contributed by atoms with van der Waals surface area (Å²) in [5.41, 5.74) is 1.14. The second kappa shape index (κ2) is 7.01. The van der Waals surface area contributed by atoms with Crippen molar-refractivity contribution in [3.8, 4) is 0 Å². The van der Waals surface area contributed by atoms with Gasteiger partial charge < -0.3 is 20.1 Å². The van der Waals surface area contributed by atoms with Crippen molar-refractivity contribution in [2.75, 3.05) is 39.1 Å². The lowest BCUT2D eigenvalue weighted by Gasteiger charge is -2.20. The molecule has 3 rings (SSSR count). The first kappa shape index (κ1) is 17.1. The van der Waals surface area contributed by atoms with Crippen LogP contribution in [0.1, 0.15) is 25.5 Å². The first-order valence-corrected chi connectivity index (χ1v) is 8.88. The van der Waals surface area contributed by atoms with Gasteiger partial charge >= 0.3 is 0 Å². The number of nitrogens with one attached hydrogen (secondary N) is 2. The number of anilines is 1. The molecule has 0 aromatic carbocycles. The second-order valence-electron chi connectivity index (χ2n) is 7.34. The predicted molar refractivity (Wildman–Crippen MR) is 98.4 cm³/mol. The lowest BCUT2D eigenvalue weighted by molar-refractivity contribution is 0.315. The number of likely N-dealkylation sites (tertiary alicyclic amines) is 1. The van der Waals surface area contributed by atoms with Gasteiger partial charge in [0.1, 0.15) is 0 Å². The maximum absolute atomic E-state index is 4.45. The van der Waals surface area contributed by atoms with E-state index in [9.17, 15) is 0 Å². The van der Waals surface area contributed by atoms with Gasteiger partial charge in [-0.05, 0) is 18.8 Å². The van der Waals surface area contributed by atoms with Gasteiger partial charge in [0.2, 0.25) is 5.95 Å². The van der Waals surface area contributed by atoms with Crippen LogP contribution in [0.25, 0.3) is 0 Å². The fraction of sp³-hybridized carbons (Fsp3) is 0.765. The summed E-state index contributed by atoms with van der Waals surface area (Å²) in [7, 11) is 7.89. The molecule has 134 valence electrons. The molecule has 2 unspecified atom stereocenters. The van der Waals surface area contributed by atoms with Crippen molar-refractivity contribution in [2.45, 2.75) is 38.4 Å². The van der Waals surface area contributed by atoms with Crippen molar-refractivity contribution in [1.29, 1.82) is 0 Å². The number of rotatable bonds is 5. The van der Waals surface area contributed by atoms with Crippen LogP contribution in [0.3, 0.4) is 0 Å². The Morgan fingerprint density at radius 2 is 2.12 bits per heavy atom. The van der Waals surface area contributed by atoms with E-state index in [0.717, 1.165) is 30.2 Å².